The molecule has 39 heavy (non-hydrogen) atoms. The first-order valence-corrected chi connectivity index (χ1v) is 17.4. The van der Waals surface area contributed by atoms with Crippen molar-refractivity contribution in [1.29, 1.82) is 0 Å². The first kappa shape index (κ1) is 31.0. The van der Waals surface area contributed by atoms with Gasteiger partial charge in [-0.1, -0.05) is 27.7 Å². The molecule has 12 atom stereocenters. The molecule has 1 aliphatic heterocycles. The van der Waals surface area contributed by atoms with Crippen LogP contribution in [-0.2, 0) is 42.4 Å². The lowest BCUT2D eigenvalue weighted by Gasteiger charge is -2.73. The molecular weight excluding hydrogens is 524 g/mol. The molecule has 0 aromatic rings. The van der Waals surface area contributed by atoms with Gasteiger partial charge >= 0.3 is 5.97 Å². The van der Waals surface area contributed by atoms with Crippen molar-refractivity contribution in [3.63, 3.8) is 0 Å². The highest BCUT2D eigenvalue weighted by atomic mass is 28.4. The topological polar surface area (TPSA) is 119 Å². The summed E-state index contributed by atoms with van der Waals surface area (Å²) in [4.78, 5) is 27.2. The zero-order valence-electron chi connectivity index (χ0n) is 25.1. The van der Waals surface area contributed by atoms with Crippen molar-refractivity contribution in [2.24, 2.45) is 34.5 Å². The number of carbonyl (C=O) groups excluding carboxylic acids is 2. The summed E-state index contributed by atoms with van der Waals surface area (Å²) in [5, 5.41) is 13.1. The zero-order valence-corrected chi connectivity index (χ0v) is 26.1. The number of esters is 1. The Labute approximate surface area is 233 Å². The van der Waals surface area contributed by atoms with Crippen molar-refractivity contribution in [2.75, 3.05) is 34.9 Å². The number of hydrogen-bond acceptors (Lipinski definition) is 10. The van der Waals surface area contributed by atoms with Crippen molar-refractivity contribution in [3.8, 4) is 0 Å². The number of hydrogen-bond donors (Lipinski definition) is 1. The van der Waals surface area contributed by atoms with Crippen molar-refractivity contribution < 1.29 is 47.5 Å². The number of rotatable bonds is 9. The predicted molar refractivity (Wildman–Crippen MR) is 143 cm³/mol. The summed E-state index contributed by atoms with van der Waals surface area (Å²) in [5.41, 5.74) is -3.53. The van der Waals surface area contributed by atoms with Crippen LogP contribution in [0.1, 0.15) is 40.5 Å². The molecule has 0 spiro atoms. The van der Waals surface area contributed by atoms with E-state index in [9.17, 15) is 14.7 Å². The number of fused-ring (bicyclic) bond motifs is 2. The summed E-state index contributed by atoms with van der Waals surface area (Å²) in [6, 6.07) is 0. The molecule has 0 aromatic heterocycles. The molecular formula is C28H48O10Si. The Morgan fingerprint density at radius 2 is 1.56 bits per heavy atom. The van der Waals surface area contributed by atoms with Crippen LogP contribution >= 0.6 is 0 Å². The van der Waals surface area contributed by atoms with Crippen molar-refractivity contribution >= 4 is 20.1 Å². The maximum Gasteiger partial charge on any atom is 0.337 e. The van der Waals surface area contributed by atoms with Crippen LogP contribution in [0.25, 0.3) is 0 Å². The van der Waals surface area contributed by atoms with Gasteiger partial charge in [0.05, 0.1) is 12.2 Å². The van der Waals surface area contributed by atoms with Crippen LogP contribution in [-0.4, -0.2) is 96.2 Å². The van der Waals surface area contributed by atoms with Crippen LogP contribution < -0.4 is 0 Å². The number of ether oxygens (including phenoxy) is 6. The third-order valence-electron chi connectivity index (χ3n) is 10.4. The normalized spacial score (nSPS) is 47.8. The molecule has 3 aliphatic carbocycles. The lowest BCUT2D eigenvalue weighted by Crippen LogP contribution is -2.84. The molecule has 224 valence electrons. The monoisotopic (exact) mass is 572 g/mol. The maximum atomic E-state index is 13.7. The lowest BCUT2D eigenvalue weighted by molar-refractivity contribution is -0.375. The van der Waals surface area contributed by atoms with Crippen molar-refractivity contribution in [2.45, 2.75) is 96.3 Å². The molecule has 0 amide bonds. The molecule has 3 saturated carbocycles. The van der Waals surface area contributed by atoms with Gasteiger partial charge in [0, 0.05) is 50.4 Å². The zero-order chi connectivity index (χ0) is 29.1. The van der Waals surface area contributed by atoms with Gasteiger partial charge in [0.1, 0.15) is 31.4 Å². The summed E-state index contributed by atoms with van der Waals surface area (Å²) >= 11 is 0. The van der Waals surface area contributed by atoms with Crippen LogP contribution in [0, 0.1) is 34.5 Å². The standard InChI is InChI=1S/C28H48O10Si/c1-15-11-18(29)23(34-7)26(3)17(15)12-19-27(4)22(26)21(36-14-33-6)20(35-13-32-5)16(2)28(27,31)24(25(30)37-19)38-39(8,9)10/h15-17,19-24,31H,11-14H2,1-10H3/t15-,16+,17+,19-,20-,21+,22-,23-,24+,26+,27-,28+/m1/s1. The largest absolute Gasteiger partial charge is 0.460 e. The fourth-order valence-corrected chi connectivity index (χ4v) is 10.00. The van der Waals surface area contributed by atoms with Gasteiger partial charge in [0.2, 0.25) is 0 Å². The van der Waals surface area contributed by atoms with E-state index in [-0.39, 0.29) is 31.2 Å². The summed E-state index contributed by atoms with van der Waals surface area (Å²) in [7, 11) is 2.30. The minimum Gasteiger partial charge on any atom is -0.460 e. The minimum atomic E-state index is -2.35. The van der Waals surface area contributed by atoms with E-state index in [0.717, 1.165) is 0 Å². The Morgan fingerprint density at radius 1 is 0.974 bits per heavy atom. The van der Waals surface area contributed by atoms with E-state index in [4.69, 9.17) is 32.8 Å². The number of carbonyl (C=O) groups is 2. The molecule has 4 fully saturated rings. The van der Waals surface area contributed by atoms with Gasteiger partial charge in [-0.05, 0) is 37.9 Å². The summed E-state index contributed by atoms with van der Waals surface area (Å²) in [6.07, 6.45) is -3.04. The maximum absolute atomic E-state index is 13.7. The molecule has 0 bridgehead atoms. The fourth-order valence-electron chi connectivity index (χ4n) is 9.01. The summed E-state index contributed by atoms with van der Waals surface area (Å²) in [6.45, 7) is 13.9. The molecule has 11 heteroatoms. The Morgan fingerprint density at radius 3 is 2.10 bits per heavy atom. The Hall–Kier alpha value is -0.923. The minimum absolute atomic E-state index is 0.0157. The Kier molecular flexibility index (Phi) is 8.53. The van der Waals surface area contributed by atoms with E-state index >= 15 is 0 Å². The highest BCUT2D eigenvalue weighted by Gasteiger charge is 2.81. The molecule has 1 heterocycles. The van der Waals surface area contributed by atoms with Crippen LogP contribution in [0.4, 0.5) is 0 Å². The van der Waals surface area contributed by atoms with E-state index in [0.29, 0.717) is 12.8 Å². The average molecular weight is 573 g/mol. The second kappa shape index (κ2) is 10.7. The molecule has 10 nitrogen and oxygen atoms in total. The summed E-state index contributed by atoms with van der Waals surface area (Å²) in [5.74, 6) is -1.70. The molecule has 4 rings (SSSR count). The first-order valence-electron chi connectivity index (χ1n) is 14.0. The lowest BCUT2D eigenvalue weighted by atomic mass is 9.35. The van der Waals surface area contributed by atoms with Crippen LogP contribution in [0.3, 0.4) is 0 Å². The number of Topliss-reactive ketones (excluding diaryl/α,β-unsaturated/α-hetero) is 1. The van der Waals surface area contributed by atoms with E-state index in [1.807, 2.05) is 33.5 Å². The number of ketones is 1. The Balaban J connectivity index is 2.02. The second-order valence-corrected chi connectivity index (χ2v) is 17.9. The third-order valence-corrected chi connectivity index (χ3v) is 11.3. The predicted octanol–water partition coefficient (Wildman–Crippen LogP) is 2.76. The highest BCUT2D eigenvalue weighted by Crippen LogP contribution is 2.71. The van der Waals surface area contributed by atoms with E-state index in [2.05, 4.69) is 13.8 Å². The van der Waals surface area contributed by atoms with Gasteiger partial charge in [0.15, 0.2) is 20.2 Å². The number of aliphatic hydroxyl groups is 1. The smallest absolute Gasteiger partial charge is 0.337 e. The summed E-state index contributed by atoms with van der Waals surface area (Å²) < 4.78 is 42.1. The molecule has 0 unspecified atom stereocenters. The van der Waals surface area contributed by atoms with Crippen molar-refractivity contribution in [3.05, 3.63) is 0 Å². The molecule has 4 aliphatic rings. The van der Waals surface area contributed by atoms with Gasteiger partial charge in [-0.3, -0.25) is 4.79 Å². The van der Waals surface area contributed by atoms with Crippen LogP contribution in [0.5, 0.6) is 0 Å². The fraction of sp³-hybridized carbons (Fsp3) is 0.929. The van der Waals surface area contributed by atoms with Crippen molar-refractivity contribution in [1.82, 2.24) is 0 Å². The average Bonchev–Trinajstić information content (AvgIpc) is 2.84. The Bertz CT molecular complexity index is 940. The van der Waals surface area contributed by atoms with E-state index < -0.39 is 73.1 Å². The SMILES string of the molecule is COCO[C@H]1[C@H](OCOC)[C@H](C)[C@]2(O)[C@@H](O[Si](C)(C)C)C(=O)O[C@@H]3C[C@H]4[C@H](C)CC(=O)[C@@H](OC)[C@]4(C)[C@@H]1[C@@]32C. The van der Waals surface area contributed by atoms with Crippen LogP contribution in [0.2, 0.25) is 19.6 Å². The van der Waals surface area contributed by atoms with Gasteiger partial charge in [0.25, 0.3) is 0 Å². The van der Waals surface area contributed by atoms with Gasteiger partial charge in [-0.25, -0.2) is 4.79 Å². The van der Waals surface area contributed by atoms with Gasteiger partial charge in [-0.15, -0.1) is 0 Å². The van der Waals surface area contributed by atoms with Gasteiger partial charge in [-0.2, -0.15) is 0 Å². The quantitative estimate of drug-likeness (QED) is 0.251. The van der Waals surface area contributed by atoms with Gasteiger partial charge < -0.3 is 38.0 Å². The second-order valence-electron chi connectivity index (χ2n) is 13.5. The molecule has 0 aromatic carbocycles. The van der Waals surface area contributed by atoms with E-state index in [1.165, 1.54) is 7.11 Å². The molecule has 1 saturated heterocycles. The first-order chi connectivity index (χ1) is 18.1. The van der Waals surface area contributed by atoms with Crippen LogP contribution in [0.15, 0.2) is 0 Å². The van der Waals surface area contributed by atoms with E-state index in [1.54, 1.807) is 14.2 Å². The number of methoxy groups -OCH3 is 3. The molecule has 0 radical (unpaired) electrons. The third kappa shape index (κ3) is 4.47. The highest BCUT2D eigenvalue weighted by molar-refractivity contribution is 6.69. The molecule has 1 N–H and O–H groups in total.